The van der Waals surface area contributed by atoms with Crippen molar-refractivity contribution in [3.63, 3.8) is 0 Å². The number of thiophene rings is 1. The van der Waals surface area contributed by atoms with Crippen molar-refractivity contribution in [2.75, 3.05) is 6.54 Å². The van der Waals surface area contributed by atoms with Crippen molar-refractivity contribution in [2.45, 2.75) is 19.6 Å². The molecule has 0 fully saturated rings. The zero-order valence-corrected chi connectivity index (χ0v) is 12.6. The van der Waals surface area contributed by atoms with Gasteiger partial charge in [0.15, 0.2) is 0 Å². The summed E-state index contributed by atoms with van der Waals surface area (Å²) in [5.41, 5.74) is 0.938. The van der Waals surface area contributed by atoms with Gasteiger partial charge in [-0.25, -0.2) is 0 Å². The molecule has 1 aromatic heterocycles. The minimum absolute atomic E-state index is 0.459. The zero-order chi connectivity index (χ0) is 13.0. The fraction of sp³-hybridized carbons (Fsp3) is 0.286. The standard InChI is InChI=1S/C14H16BrNOS/c1-10-2-7-13(18-10)8-16-9-14(17)11-3-5-12(15)6-4-11/h2-7,14,16-17H,8-9H2,1H3/t14-/m1/s1. The minimum atomic E-state index is -0.459. The van der Waals surface area contributed by atoms with Gasteiger partial charge in [0.2, 0.25) is 0 Å². The van der Waals surface area contributed by atoms with Crippen LogP contribution in [0, 0.1) is 6.92 Å². The summed E-state index contributed by atoms with van der Waals surface area (Å²) < 4.78 is 1.03. The SMILES string of the molecule is Cc1ccc(CNC[C@@H](O)c2ccc(Br)cc2)s1. The van der Waals surface area contributed by atoms with Crippen LogP contribution in [-0.4, -0.2) is 11.7 Å². The molecule has 0 spiro atoms. The topological polar surface area (TPSA) is 32.3 Å². The summed E-state index contributed by atoms with van der Waals surface area (Å²) in [4.78, 5) is 2.62. The van der Waals surface area contributed by atoms with Crippen LogP contribution in [0.1, 0.15) is 21.4 Å². The van der Waals surface area contributed by atoms with Crippen LogP contribution in [-0.2, 0) is 6.54 Å². The molecule has 1 atom stereocenters. The zero-order valence-electron chi connectivity index (χ0n) is 10.2. The van der Waals surface area contributed by atoms with E-state index in [0.29, 0.717) is 6.54 Å². The van der Waals surface area contributed by atoms with Gasteiger partial charge in [-0.2, -0.15) is 0 Å². The Morgan fingerprint density at radius 2 is 1.94 bits per heavy atom. The molecular formula is C14H16BrNOS. The summed E-state index contributed by atoms with van der Waals surface area (Å²) >= 11 is 5.17. The van der Waals surface area contributed by atoms with Gasteiger partial charge >= 0.3 is 0 Å². The number of hydrogen-bond donors (Lipinski definition) is 2. The molecule has 0 aliphatic heterocycles. The van der Waals surface area contributed by atoms with Crippen molar-refractivity contribution in [3.8, 4) is 0 Å². The summed E-state index contributed by atoms with van der Waals surface area (Å²) in [7, 11) is 0. The molecule has 2 nitrogen and oxygen atoms in total. The highest BCUT2D eigenvalue weighted by atomic mass is 79.9. The number of benzene rings is 1. The third-order valence-corrected chi connectivity index (χ3v) is 4.22. The van der Waals surface area contributed by atoms with Crippen molar-refractivity contribution in [1.29, 1.82) is 0 Å². The van der Waals surface area contributed by atoms with Gasteiger partial charge in [0, 0.05) is 27.3 Å². The molecule has 1 heterocycles. The molecule has 0 aliphatic rings. The van der Waals surface area contributed by atoms with Crippen LogP contribution in [0.2, 0.25) is 0 Å². The van der Waals surface area contributed by atoms with E-state index < -0.39 is 6.10 Å². The minimum Gasteiger partial charge on any atom is -0.387 e. The predicted octanol–water partition coefficient (Wildman–Crippen LogP) is 3.64. The first-order chi connectivity index (χ1) is 8.65. The van der Waals surface area contributed by atoms with Crippen LogP contribution in [0.4, 0.5) is 0 Å². The lowest BCUT2D eigenvalue weighted by molar-refractivity contribution is 0.174. The van der Waals surface area contributed by atoms with E-state index in [1.165, 1.54) is 9.75 Å². The van der Waals surface area contributed by atoms with E-state index in [0.717, 1.165) is 16.6 Å². The third kappa shape index (κ3) is 3.92. The van der Waals surface area contributed by atoms with E-state index in [1.807, 2.05) is 24.3 Å². The summed E-state index contributed by atoms with van der Waals surface area (Å²) in [5.74, 6) is 0. The molecule has 1 aromatic carbocycles. The van der Waals surface area contributed by atoms with Crippen molar-refractivity contribution in [3.05, 3.63) is 56.2 Å². The Morgan fingerprint density at radius 1 is 1.22 bits per heavy atom. The summed E-state index contributed by atoms with van der Waals surface area (Å²) in [6.07, 6.45) is -0.459. The average Bonchev–Trinajstić information content (AvgIpc) is 2.76. The quantitative estimate of drug-likeness (QED) is 0.879. The molecule has 2 N–H and O–H groups in total. The number of aliphatic hydroxyl groups is 1. The third-order valence-electron chi connectivity index (χ3n) is 2.69. The second kappa shape index (κ2) is 6.48. The normalized spacial score (nSPS) is 12.6. The molecule has 0 saturated carbocycles. The lowest BCUT2D eigenvalue weighted by Gasteiger charge is -2.11. The first-order valence-corrected chi connectivity index (χ1v) is 7.45. The molecule has 0 amide bonds. The molecule has 2 aromatic rings. The monoisotopic (exact) mass is 325 g/mol. The molecule has 0 radical (unpaired) electrons. The van der Waals surface area contributed by atoms with E-state index in [1.54, 1.807) is 11.3 Å². The number of halogens is 1. The highest BCUT2D eigenvalue weighted by Crippen LogP contribution is 2.17. The number of aryl methyl sites for hydroxylation is 1. The fourth-order valence-corrected chi connectivity index (χ4v) is 2.84. The Balaban J connectivity index is 1.81. The molecular weight excluding hydrogens is 310 g/mol. The van der Waals surface area contributed by atoms with Crippen LogP contribution in [0.25, 0.3) is 0 Å². The van der Waals surface area contributed by atoms with Crippen LogP contribution in [0.5, 0.6) is 0 Å². The lowest BCUT2D eigenvalue weighted by Crippen LogP contribution is -2.20. The highest BCUT2D eigenvalue weighted by Gasteiger charge is 2.06. The summed E-state index contributed by atoms with van der Waals surface area (Å²) in [6.45, 7) is 3.48. The van der Waals surface area contributed by atoms with E-state index in [4.69, 9.17) is 0 Å². The van der Waals surface area contributed by atoms with E-state index >= 15 is 0 Å². The maximum Gasteiger partial charge on any atom is 0.0914 e. The van der Waals surface area contributed by atoms with Gasteiger partial charge in [0.1, 0.15) is 0 Å². The van der Waals surface area contributed by atoms with Crippen LogP contribution >= 0.6 is 27.3 Å². The molecule has 96 valence electrons. The number of nitrogens with one attached hydrogen (secondary N) is 1. The smallest absolute Gasteiger partial charge is 0.0914 e. The molecule has 0 saturated heterocycles. The Morgan fingerprint density at radius 3 is 2.56 bits per heavy atom. The Labute approximate surface area is 120 Å². The van der Waals surface area contributed by atoms with Crippen molar-refractivity contribution in [2.24, 2.45) is 0 Å². The van der Waals surface area contributed by atoms with Crippen molar-refractivity contribution < 1.29 is 5.11 Å². The maximum atomic E-state index is 10.0. The van der Waals surface area contributed by atoms with E-state index in [-0.39, 0.29) is 0 Å². The maximum absolute atomic E-state index is 10.0. The predicted molar refractivity (Wildman–Crippen MR) is 79.9 cm³/mol. The largest absolute Gasteiger partial charge is 0.387 e. The van der Waals surface area contributed by atoms with Gasteiger partial charge in [0.05, 0.1) is 6.10 Å². The summed E-state index contributed by atoms with van der Waals surface area (Å²) in [5, 5.41) is 13.3. The first kappa shape index (κ1) is 13.7. The van der Waals surface area contributed by atoms with Crippen LogP contribution in [0.15, 0.2) is 40.9 Å². The van der Waals surface area contributed by atoms with Crippen LogP contribution < -0.4 is 5.32 Å². The first-order valence-electron chi connectivity index (χ1n) is 5.85. The van der Waals surface area contributed by atoms with Gasteiger partial charge < -0.3 is 10.4 Å². The molecule has 18 heavy (non-hydrogen) atoms. The van der Waals surface area contributed by atoms with E-state index in [9.17, 15) is 5.11 Å². The molecule has 4 heteroatoms. The number of rotatable bonds is 5. The Kier molecular flexibility index (Phi) is 4.95. The Hall–Kier alpha value is -0.680. The molecule has 0 aliphatic carbocycles. The number of aliphatic hydroxyl groups excluding tert-OH is 1. The van der Waals surface area contributed by atoms with Gasteiger partial charge in [0.25, 0.3) is 0 Å². The second-order valence-corrected chi connectivity index (χ2v) is 6.50. The van der Waals surface area contributed by atoms with Crippen molar-refractivity contribution in [1.82, 2.24) is 5.32 Å². The highest BCUT2D eigenvalue weighted by molar-refractivity contribution is 9.10. The summed E-state index contributed by atoms with van der Waals surface area (Å²) in [6, 6.07) is 12.0. The molecule has 0 unspecified atom stereocenters. The van der Waals surface area contributed by atoms with Gasteiger partial charge in [-0.05, 0) is 36.8 Å². The second-order valence-electron chi connectivity index (χ2n) is 4.21. The number of hydrogen-bond acceptors (Lipinski definition) is 3. The fourth-order valence-electron chi connectivity index (χ4n) is 1.72. The van der Waals surface area contributed by atoms with E-state index in [2.05, 4.69) is 40.3 Å². The lowest BCUT2D eigenvalue weighted by atomic mass is 10.1. The Bertz CT molecular complexity index is 495. The average molecular weight is 326 g/mol. The van der Waals surface area contributed by atoms with Gasteiger partial charge in [-0.15, -0.1) is 11.3 Å². The van der Waals surface area contributed by atoms with Crippen molar-refractivity contribution >= 4 is 27.3 Å². The van der Waals surface area contributed by atoms with Gasteiger partial charge in [-0.1, -0.05) is 28.1 Å². The molecule has 2 rings (SSSR count). The van der Waals surface area contributed by atoms with Gasteiger partial charge in [-0.3, -0.25) is 0 Å². The van der Waals surface area contributed by atoms with Crippen LogP contribution in [0.3, 0.4) is 0 Å². The molecule has 0 bridgehead atoms.